The van der Waals surface area contributed by atoms with Gasteiger partial charge in [-0.05, 0) is 65.9 Å². The monoisotopic (exact) mass is 494 g/mol. The molecule has 1 aliphatic rings. The standard InChI is InChI=1S/C31H26O6/c32-30(29-21-34-31(33)37-29)36-27-18-16-26(17-19-27)35-25-14-12-24(13-15-25)28(23-9-5-2-6-10-23)20-11-22-7-3-1-4-8-22/h1-10,12-19,28-29H,11,20-21H2. The molecule has 4 aromatic rings. The van der Waals surface area contributed by atoms with Crippen molar-refractivity contribution in [2.75, 3.05) is 6.61 Å². The number of esters is 1. The van der Waals surface area contributed by atoms with Gasteiger partial charge in [0, 0.05) is 5.92 Å². The van der Waals surface area contributed by atoms with Crippen LogP contribution in [0.3, 0.4) is 0 Å². The highest BCUT2D eigenvalue weighted by molar-refractivity contribution is 5.81. The predicted molar refractivity (Wildman–Crippen MR) is 138 cm³/mol. The van der Waals surface area contributed by atoms with Gasteiger partial charge < -0.3 is 18.9 Å². The van der Waals surface area contributed by atoms with E-state index in [0.717, 1.165) is 12.8 Å². The van der Waals surface area contributed by atoms with E-state index in [2.05, 4.69) is 65.4 Å². The SMILES string of the molecule is O=C1OCC(C(=O)Oc2ccc(Oc3ccc(C(CCc4ccccc4)c4ccccc4)cc3)cc2)O1. The first-order valence-electron chi connectivity index (χ1n) is 12.2. The number of rotatable bonds is 9. The molecule has 0 bridgehead atoms. The summed E-state index contributed by atoms with van der Waals surface area (Å²) in [6, 6.07) is 35.9. The maximum Gasteiger partial charge on any atom is 0.509 e. The van der Waals surface area contributed by atoms with E-state index >= 15 is 0 Å². The summed E-state index contributed by atoms with van der Waals surface area (Å²) in [5, 5.41) is 0. The van der Waals surface area contributed by atoms with Crippen molar-refractivity contribution in [1.29, 1.82) is 0 Å². The summed E-state index contributed by atoms with van der Waals surface area (Å²) in [7, 11) is 0. The highest BCUT2D eigenvalue weighted by Gasteiger charge is 2.33. The molecule has 1 aliphatic heterocycles. The van der Waals surface area contributed by atoms with E-state index in [-0.39, 0.29) is 12.5 Å². The van der Waals surface area contributed by atoms with E-state index in [1.165, 1.54) is 16.7 Å². The summed E-state index contributed by atoms with van der Waals surface area (Å²) in [6.07, 6.45) is 0.0733. The van der Waals surface area contributed by atoms with Gasteiger partial charge in [0.05, 0.1) is 0 Å². The van der Waals surface area contributed by atoms with Crippen LogP contribution in [0.1, 0.15) is 29.0 Å². The summed E-state index contributed by atoms with van der Waals surface area (Å²) in [4.78, 5) is 23.0. The molecule has 0 saturated carbocycles. The van der Waals surface area contributed by atoms with Crippen LogP contribution in [0.15, 0.2) is 109 Å². The molecule has 4 aromatic carbocycles. The first-order valence-corrected chi connectivity index (χ1v) is 12.2. The Morgan fingerprint density at radius 2 is 1.32 bits per heavy atom. The van der Waals surface area contributed by atoms with Crippen molar-refractivity contribution >= 4 is 12.1 Å². The molecule has 186 valence electrons. The largest absolute Gasteiger partial charge is 0.509 e. The van der Waals surface area contributed by atoms with Crippen LogP contribution in [0.5, 0.6) is 17.2 Å². The fourth-order valence-corrected chi connectivity index (χ4v) is 4.27. The average molecular weight is 495 g/mol. The van der Waals surface area contributed by atoms with Crippen molar-refractivity contribution < 1.29 is 28.5 Å². The Labute approximate surface area is 215 Å². The molecule has 5 rings (SSSR count). The number of hydrogen-bond acceptors (Lipinski definition) is 6. The smallest absolute Gasteiger partial charge is 0.457 e. The number of carbonyl (C=O) groups excluding carboxylic acids is 2. The van der Waals surface area contributed by atoms with Crippen molar-refractivity contribution in [2.45, 2.75) is 24.9 Å². The molecule has 37 heavy (non-hydrogen) atoms. The first-order chi connectivity index (χ1) is 18.1. The zero-order valence-corrected chi connectivity index (χ0v) is 20.1. The topological polar surface area (TPSA) is 71.1 Å². The van der Waals surface area contributed by atoms with Crippen molar-refractivity contribution in [3.05, 3.63) is 126 Å². The number of cyclic esters (lactones) is 2. The Balaban J connectivity index is 1.23. The number of benzene rings is 4. The second-order valence-electron chi connectivity index (χ2n) is 8.72. The average Bonchev–Trinajstić information content (AvgIpc) is 3.38. The van der Waals surface area contributed by atoms with E-state index in [4.69, 9.17) is 14.2 Å². The predicted octanol–water partition coefficient (Wildman–Crippen LogP) is 6.68. The van der Waals surface area contributed by atoms with Gasteiger partial charge in [-0.25, -0.2) is 9.59 Å². The lowest BCUT2D eigenvalue weighted by molar-refractivity contribution is -0.142. The minimum Gasteiger partial charge on any atom is -0.457 e. The Morgan fingerprint density at radius 3 is 1.95 bits per heavy atom. The van der Waals surface area contributed by atoms with E-state index in [1.54, 1.807) is 24.3 Å². The van der Waals surface area contributed by atoms with Crippen LogP contribution >= 0.6 is 0 Å². The summed E-state index contributed by atoms with van der Waals surface area (Å²) < 4.78 is 20.6. The van der Waals surface area contributed by atoms with Crippen molar-refractivity contribution in [1.82, 2.24) is 0 Å². The molecule has 0 spiro atoms. The maximum atomic E-state index is 12.0. The molecular formula is C31H26O6. The number of aryl methyl sites for hydroxylation is 1. The van der Waals surface area contributed by atoms with Gasteiger partial charge in [0.15, 0.2) is 0 Å². The number of carbonyl (C=O) groups is 2. The van der Waals surface area contributed by atoms with Crippen molar-refractivity contribution in [3.8, 4) is 17.2 Å². The minimum atomic E-state index is -1.05. The molecule has 0 amide bonds. The number of hydrogen-bond donors (Lipinski definition) is 0. The molecule has 0 aromatic heterocycles. The molecule has 6 heteroatoms. The molecule has 0 aliphatic carbocycles. The Bertz CT molecular complexity index is 1320. The molecule has 2 atom stereocenters. The van der Waals surface area contributed by atoms with E-state index in [1.807, 2.05) is 24.3 Å². The fraction of sp³-hybridized carbons (Fsp3) is 0.161. The second-order valence-corrected chi connectivity index (χ2v) is 8.72. The van der Waals surface area contributed by atoms with E-state index in [9.17, 15) is 9.59 Å². The third kappa shape index (κ3) is 6.35. The normalized spacial score (nSPS) is 15.4. The lowest BCUT2D eigenvalue weighted by atomic mass is 9.86. The fourth-order valence-electron chi connectivity index (χ4n) is 4.27. The molecule has 1 fully saturated rings. The summed E-state index contributed by atoms with van der Waals surface area (Å²) in [5.74, 6) is 1.22. The third-order valence-electron chi connectivity index (χ3n) is 6.18. The molecular weight excluding hydrogens is 468 g/mol. The lowest BCUT2D eigenvalue weighted by Crippen LogP contribution is -2.27. The molecule has 0 radical (unpaired) electrons. The van der Waals surface area contributed by atoms with Crippen LogP contribution in [-0.2, 0) is 20.7 Å². The van der Waals surface area contributed by atoms with Crippen LogP contribution in [-0.4, -0.2) is 24.8 Å². The molecule has 0 N–H and O–H groups in total. The molecule has 1 heterocycles. The maximum absolute atomic E-state index is 12.0. The van der Waals surface area contributed by atoms with Crippen LogP contribution in [0.25, 0.3) is 0 Å². The summed E-state index contributed by atoms with van der Waals surface area (Å²) >= 11 is 0. The minimum absolute atomic E-state index is 0.147. The van der Waals surface area contributed by atoms with Crippen molar-refractivity contribution in [2.24, 2.45) is 0 Å². The van der Waals surface area contributed by atoms with Gasteiger partial charge in [0.2, 0.25) is 6.10 Å². The summed E-state index contributed by atoms with van der Waals surface area (Å²) in [5.41, 5.74) is 3.85. The van der Waals surface area contributed by atoms with Crippen LogP contribution < -0.4 is 9.47 Å². The highest BCUT2D eigenvalue weighted by Crippen LogP contribution is 2.32. The quantitative estimate of drug-likeness (QED) is 0.191. The van der Waals surface area contributed by atoms with E-state index in [0.29, 0.717) is 17.2 Å². The van der Waals surface area contributed by atoms with Gasteiger partial charge in [-0.2, -0.15) is 0 Å². The highest BCUT2D eigenvalue weighted by atomic mass is 16.8. The third-order valence-corrected chi connectivity index (χ3v) is 6.18. The van der Waals surface area contributed by atoms with Gasteiger partial charge in [-0.1, -0.05) is 72.8 Å². The second kappa shape index (κ2) is 11.4. The lowest BCUT2D eigenvalue weighted by Gasteiger charge is -2.19. The zero-order valence-electron chi connectivity index (χ0n) is 20.1. The Hall–Kier alpha value is -4.58. The van der Waals surface area contributed by atoms with Gasteiger partial charge in [0.1, 0.15) is 23.9 Å². The molecule has 6 nitrogen and oxygen atoms in total. The Kier molecular flexibility index (Phi) is 7.46. The van der Waals surface area contributed by atoms with Crippen molar-refractivity contribution in [3.63, 3.8) is 0 Å². The number of ether oxygens (including phenoxy) is 4. The zero-order chi connectivity index (χ0) is 25.5. The van der Waals surface area contributed by atoms with Gasteiger partial charge >= 0.3 is 12.1 Å². The Morgan fingerprint density at radius 1 is 0.757 bits per heavy atom. The van der Waals surface area contributed by atoms with Crippen LogP contribution in [0.4, 0.5) is 4.79 Å². The summed E-state index contributed by atoms with van der Waals surface area (Å²) in [6.45, 7) is -0.147. The van der Waals surface area contributed by atoms with Crippen LogP contribution in [0.2, 0.25) is 0 Å². The van der Waals surface area contributed by atoms with Gasteiger partial charge in [-0.3, -0.25) is 0 Å². The molecule has 1 saturated heterocycles. The van der Waals surface area contributed by atoms with Gasteiger partial charge in [-0.15, -0.1) is 0 Å². The van der Waals surface area contributed by atoms with Crippen LogP contribution in [0, 0.1) is 0 Å². The van der Waals surface area contributed by atoms with Gasteiger partial charge in [0.25, 0.3) is 0 Å². The first kappa shape index (κ1) is 24.1. The van der Waals surface area contributed by atoms with E-state index < -0.39 is 18.2 Å². The molecule has 2 unspecified atom stereocenters.